The molecular weight excluding hydrogens is 681 g/mol. The van der Waals surface area contributed by atoms with E-state index in [2.05, 4.69) is 30.9 Å². The van der Waals surface area contributed by atoms with Gasteiger partial charge in [0.15, 0.2) is 5.69 Å². The maximum absolute atomic E-state index is 13.4. The molecule has 12 nitrogen and oxygen atoms in total. The number of β-amino-alcohol motifs (C(OH)–C–C–N with tert-alkyl or cyclic N) is 1. The standard InChI is InChI=1S/C36H39Cl2N7O5/c1-36(2,35(49)50-3)42-25-11-6-15-45-30(25)17-29(43-45)34(48)41-27-10-5-8-24(32(27)38)23-7-4-9-26(31(23)37)40-33(47)28-13-12-21(18-39-28)19-44-16-14-22(46)20-44/h4-5,7-10,12-13,17-18,22,25,42,46H,6,11,14-16,19-20H2,1-3H3,(H,40,47)(H,41,48)/t22-,25?/m1/s1. The van der Waals surface area contributed by atoms with Crippen molar-refractivity contribution < 1.29 is 24.2 Å². The molecule has 2 aliphatic rings. The van der Waals surface area contributed by atoms with Gasteiger partial charge in [-0.2, -0.15) is 5.10 Å². The number of hydrogen-bond acceptors (Lipinski definition) is 9. The lowest BCUT2D eigenvalue weighted by molar-refractivity contribution is -0.147. The number of nitrogens with zero attached hydrogens (tertiary/aromatic N) is 4. The second-order valence-corrected chi connectivity index (χ2v) is 13.9. The van der Waals surface area contributed by atoms with E-state index in [0.29, 0.717) is 42.1 Å². The van der Waals surface area contributed by atoms with Crippen molar-refractivity contribution in [2.24, 2.45) is 0 Å². The number of likely N-dealkylation sites (tertiary alicyclic amines) is 1. The third kappa shape index (κ3) is 7.69. The fraction of sp³-hybridized carbons (Fsp3) is 0.361. The van der Waals surface area contributed by atoms with E-state index < -0.39 is 17.4 Å². The van der Waals surface area contributed by atoms with Gasteiger partial charge < -0.3 is 20.5 Å². The van der Waals surface area contributed by atoms with Crippen LogP contribution in [0, 0.1) is 0 Å². The molecule has 0 radical (unpaired) electrons. The quantitative estimate of drug-likeness (QED) is 0.151. The molecule has 14 heteroatoms. The number of pyridine rings is 1. The summed E-state index contributed by atoms with van der Waals surface area (Å²) < 4.78 is 6.73. The van der Waals surface area contributed by atoms with Crippen molar-refractivity contribution in [3.63, 3.8) is 0 Å². The minimum atomic E-state index is -0.925. The molecule has 0 aliphatic carbocycles. The lowest BCUT2D eigenvalue weighted by atomic mass is 9.98. The van der Waals surface area contributed by atoms with Gasteiger partial charge in [-0.15, -0.1) is 0 Å². The number of aromatic nitrogens is 3. The number of aryl methyl sites for hydroxylation is 1. The molecule has 1 fully saturated rings. The topological polar surface area (TPSA) is 151 Å². The molecule has 2 atom stereocenters. The fourth-order valence-electron chi connectivity index (χ4n) is 6.40. The van der Waals surface area contributed by atoms with Crippen LogP contribution >= 0.6 is 23.2 Å². The van der Waals surface area contributed by atoms with E-state index in [1.54, 1.807) is 73.3 Å². The average Bonchev–Trinajstić information content (AvgIpc) is 3.73. The zero-order valence-corrected chi connectivity index (χ0v) is 29.5. The Morgan fingerprint density at radius 3 is 2.18 bits per heavy atom. The molecule has 0 spiro atoms. The van der Waals surface area contributed by atoms with Gasteiger partial charge in [-0.05, 0) is 62.9 Å². The van der Waals surface area contributed by atoms with Crippen molar-refractivity contribution in [2.75, 3.05) is 30.8 Å². The van der Waals surface area contributed by atoms with Gasteiger partial charge in [-0.1, -0.05) is 53.5 Å². The van der Waals surface area contributed by atoms with E-state index in [-0.39, 0.29) is 39.5 Å². The van der Waals surface area contributed by atoms with Crippen LogP contribution in [0.4, 0.5) is 11.4 Å². The zero-order valence-electron chi connectivity index (χ0n) is 28.0. The Balaban J connectivity index is 1.15. The molecule has 2 amide bonds. The van der Waals surface area contributed by atoms with Crippen molar-refractivity contribution in [3.8, 4) is 11.1 Å². The first-order valence-corrected chi connectivity index (χ1v) is 17.2. The molecule has 0 bridgehead atoms. The third-order valence-electron chi connectivity index (χ3n) is 8.99. The number of nitrogens with one attached hydrogen (secondary N) is 3. The number of amides is 2. The number of halogens is 2. The predicted molar refractivity (Wildman–Crippen MR) is 191 cm³/mol. The molecule has 0 saturated carbocycles. The van der Waals surface area contributed by atoms with Gasteiger partial charge in [0.2, 0.25) is 0 Å². The maximum atomic E-state index is 13.4. The molecule has 2 aliphatic heterocycles. The molecule has 2 aromatic heterocycles. The summed E-state index contributed by atoms with van der Waals surface area (Å²) in [7, 11) is 1.35. The van der Waals surface area contributed by atoms with Crippen LogP contribution in [-0.2, 0) is 22.6 Å². The van der Waals surface area contributed by atoms with E-state index in [4.69, 9.17) is 27.9 Å². The smallest absolute Gasteiger partial charge is 0.325 e. The highest BCUT2D eigenvalue weighted by Gasteiger charge is 2.34. The average molecular weight is 721 g/mol. The summed E-state index contributed by atoms with van der Waals surface area (Å²) in [5, 5.41) is 23.9. The molecule has 4 heterocycles. The monoisotopic (exact) mass is 719 g/mol. The van der Waals surface area contributed by atoms with Gasteiger partial charge in [-0.3, -0.25) is 34.3 Å². The van der Waals surface area contributed by atoms with E-state index in [0.717, 1.165) is 37.1 Å². The number of benzene rings is 2. The summed E-state index contributed by atoms with van der Waals surface area (Å²) in [6.07, 6.45) is 3.72. The highest BCUT2D eigenvalue weighted by molar-refractivity contribution is 6.40. The number of hydrogen-bond donors (Lipinski definition) is 4. The number of methoxy groups -OCH3 is 1. The van der Waals surface area contributed by atoms with Gasteiger partial charge in [0, 0.05) is 43.5 Å². The van der Waals surface area contributed by atoms with Crippen LogP contribution in [-0.4, -0.2) is 74.4 Å². The van der Waals surface area contributed by atoms with Crippen molar-refractivity contribution in [3.05, 3.63) is 93.5 Å². The Hall–Kier alpha value is -4.33. The Morgan fingerprint density at radius 2 is 1.60 bits per heavy atom. The van der Waals surface area contributed by atoms with Gasteiger partial charge >= 0.3 is 5.97 Å². The van der Waals surface area contributed by atoms with Crippen LogP contribution in [0.5, 0.6) is 0 Å². The Kier molecular flexibility index (Phi) is 10.6. The van der Waals surface area contributed by atoms with Crippen LogP contribution in [0.2, 0.25) is 10.0 Å². The molecule has 6 rings (SSSR count). The van der Waals surface area contributed by atoms with Crippen LogP contribution in [0.3, 0.4) is 0 Å². The molecule has 4 aromatic rings. The third-order valence-corrected chi connectivity index (χ3v) is 9.80. The van der Waals surface area contributed by atoms with Crippen LogP contribution in [0.15, 0.2) is 60.8 Å². The summed E-state index contributed by atoms with van der Waals surface area (Å²) in [4.78, 5) is 45.3. The number of fused-ring (bicyclic) bond motifs is 1. The molecule has 4 N–H and O–H groups in total. The summed E-state index contributed by atoms with van der Waals surface area (Å²) in [5.74, 6) is -1.25. The first kappa shape index (κ1) is 35.5. The minimum Gasteiger partial charge on any atom is -0.468 e. The summed E-state index contributed by atoms with van der Waals surface area (Å²) in [6, 6.07) is 15.5. The van der Waals surface area contributed by atoms with Crippen molar-refractivity contribution in [1.82, 2.24) is 25.0 Å². The van der Waals surface area contributed by atoms with Gasteiger partial charge in [-0.25, -0.2) is 0 Å². The molecular formula is C36H39Cl2N7O5. The number of carbonyl (C=O) groups excluding carboxylic acids is 3. The number of aliphatic hydroxyl groups excluding tert-OH is 1. The summed E-state index contributed by atoms with van der Waals surface area (Å²) >= 11 is 13.7. The normalized spacial score (nSPS) is 17.6. The van der Waals surface area contributed by atoms with E-state index in [1.807, 2.05) is 6.07 Å². The molecule has 262 valence electrons. The lowest BCUT2D eigenvalue weighted by Crippen LogP contribution is -2.50. The van der Waals surface area contributed by atoms with E-state index >= 15 is 0 Å². The summed E-state index contributed by atoms with van der Waals surface area (Å²) in [6.45, 7) is 6.26. The largest absolute Gasteiger partial charge is 0.468 e. The SMILES string of the molecule is COC(=O)C(C)(C)NC1CCCn2nc(C(=O)Nc3cccc(-c4cccc(NC(=O)c5ccc(CN6CC[C@@H](O)C6)cn5)c4Cl)c3Cl)cc21. The Morgan fingerprint density at radius 1 is 0.940 bits per heavy atom. The Labute approximate surface area is 300 Å². The first-order valence-electron chi connectivity index (χ1n) is 16.4. The van der Waals surface area contributed by atoms with E-state index in [9.17, 15) is 19.5 Å². The van der Waals surface area contributed by atoms with Gasteiger partial charge in [0.25, 0.3) is 11.8 Å². The first-order chi connectivity index (χ1) is 23.9. The van der Waals surface area contributed by atoms with Crippen molar-refractivity contribution in [2.45, 2.75) is 63.9 Å². The fourth-order valence-corrected chi connectivity index (χ4v) is 6.95. The van der Waals surface area contributed by atoms with Gasteiger partial charge in [0.05, 0.1) is 46.4 Å². The number of ether oxygens (including phenoxy) is 1. The highest BCUT2D eigenvalue weighted by Crippen LogP contribution is 2.40. The van der Waals surface area contributed by atoms with E-state index in [1.165, 1.54) is 7.11 Å². The molecule has 50 heavy (non-hydrogen) atoms. The lowest BCUT2D eigenvalue weighted by Gasteiger charge is -2.32. The highest BCUT2D eigenvalue weighted by atomic mass is 35.5. The Bertz CT molecular complexity index is 1910. The number of aliphatic hydroxyl groups is 1. The molecule has 2 aromatic carbocycles. The number of esters is 1. The zero-order chi connectivity index (χ0) is 35.6. The van der Waals surface area contributed by atoms with Crippen LogP contribution in [0.1, 0.15) is 71.4 Å². The summed E-state index contributed by atoms with van der Waals surface area (Å²) in [5.41, 5.74) is 3.12. The number of carbonyl (C=O) groups is 3. The number of anilines is 2. The van der Waals surface area contributed by atoms with Crippen molar-refractivity contribution in [1.29, 1.82) is 0 Å². The van der Waals surface area contributed by atoms with Crippen LogP contribution in [0.25, 0.3) is 11.1 Å². The maximum Gasteiger partial charge on any atom is 0.325 e. The molecule has 1 unspecified atom stereocenters. The second kappa shape index (κ2) is 14.9. The second-order valence-electron chi connectivity index (χ2n) is 13.1. The molecule has 1 saturated heterocycles. The van der Waals surface area contributed by atoms with Crippen molar-refractivity contribution >= 4 is 52.4 Å². The van der Waals surface area contributed by atoms with Crippen LogP contribution < -0.4 is 16.0 Å². The predicted octanol–water partition coefficient (Wildman–Crippen LogP) is 5.70. The van der Waals surface area contributed by atoms with Gasteiger partial charge in [0.1, 0.15) is 11.2 Å². The minimum absolute atomic E-state index is 0.195. The number of rotatable bonds is 10.